The van der Waals surface area contributed by atoms with E-state index < -0.39 is 23.5 Å². The van der Waals surface area contributed by atoms with Gasteiger partial charge in [0.05, 0.1) is 31.8 Å². The Labute approximate surface area is 139 Å². The molecule has 1 aliphatic rings. The van der Waals surface area contributed by atoms with E-state index in [2.05, 4.69) is 6.58 Å². The van der Waals surface area contributed by atoms with Crippen LogP contribution in [-0.4, -0.2) is 52.5 Å². The van der Waals surface area contributed by atoms with Crippen molar-refractivity contribution in [3.63, 3.8) is 0 Å². The fourth-order valence-corrected chi connectivity index (χ4v) is 2.78. The van der Waals surface area contributed by atoms with Crippen LogP contribution in [0.2, 0.25) is 0 Å². The zero-order valence-corrected chi connectivity index (χ0v) is 13.3. The summed E-state index contributed by atoms with van der Waals surface area (Å²) in [4.78, 5) is 24.7. The van der Waals surface area contributed by atoms with Crippen molar-refractivity contribution >= 4 is 11.8 Å². The molecule has 0 amide bonds. The van der Waals surface area contributed by atoms with Crippen molar-refractivity contribution in [2.75, 3.05) is 13.7 Å². The van der Waals surface area contributed by atoms with Crippen LogP contribution in [0.4, 0.5) is 0 Å². The van der Waals surface area contributed by atoms with Gasteiger partial charge in [-0.25, -0.2) is 4.79 Å². The highest BCUT2D eigenvalue weighted by atomic mass is 16.6. The molecule has 0 aromatic heterocycles. The SMILES string of the molecule is C=C(CO)C1CCC(CC(=O)c2cc(O)ccc2O)(C(=O)OC)O1. The summed E-state index contributed by atoms with van der Waals surface area (Å²) >= 11 is 0. The van der Waals surface area contributed by atoms with Gasteiger partial charge in [0, 0.05) is 0 Å². The number of ketones is 1. The molecule has 1 aromatic rings. The van der Waals surface area contributed by atoms with Gasteiger partial charge in [0.2, 0.25) is 0 Å². The number of benzene rings is 1. The number of esters is 1. The van der Waals surface area contributed by atoms with E-state index in [1.54, 1.807) is 0 Å². The second kappa shape index (κ2) is 7.02. The van der Waals surface area contributed by atoms with Crippen molar-refractivity contribution in [2.45, 2.75) is 31.0 Å². The van der Waals surface area contributed by atoms with Gasteiger partial charge in [-0.2, -0.15) is 0 Å². The number of aliphatic hydroxyl groups excluding tert-OH is 1. The van der Waals surface area contributed by atoms with Crippen LogP contribution in [0.15, 0.2) is 30.4 Å². The predicted octanol–water partition coefficient (Wildman–Crippen LogP) is 1.31. The van der Waals surface area contributed by atoms with Crippen molar-refractivity contribution in [3.8, 4) is 11.5 Å². The third kappa shape index (κ3) is 3.42. The largest absolute Gasteiger partial charge is 0.508 e. The lowest BCUT2D eigenvalue weighted by molar-refractivity contribution is -0.166. The van der Waals surface area contributed by atoms with Gasteiger partial charge >= 0.3 is 5.97 Å². The van der Waals surface area contributed by atoms with Gasteiger partial charge in [-0.3, -0.25) is 4.79 Å². The highest BCUT2D eigenvalue weighted by molar-refractivity contribution is 6.02. The summed E-state index contributed by atoms with van der Waals surface area (Å²) in [6, 6.07) is 3.57. The summed E-state index contributed by atoms with van der Waals surface area (Å²) in [5.74, 6) is -1.75. The van der Waals surface area contributed by atoms with Crippen LogP contribution in [0.3, 0.4) is 0 Å². The highest BCUT2D eigenvalue weighted by Gasteiger charge is 2.49. The van der Waals surface area contributed by atoms with Gasteiger partial charge in [-0.1, -0.05) is 6.58 Å². The molecule has 1 aliphatic heterocycles. The average molecular weight is 336 g/mol. The van der Waals surface area contributed by atoms with Gasteiger partial charge in [0.1, 0.15) is 11.5 Å². The maximum absolute atomic E-state index is 12.5. The van der Waals surface area contributed by atoms with Crippen LogP contribution in [0.1, 0.15) is 29.6 Å². The van der Waals surface area contributed by atoms with Gasteiger partial charge in [-0.15, -0.1) is 0 Å². The first-order valence-electron chi connectivity index (χ1n) is 7.43. The van der Waals surface area contributed by atoms with Crippen LogP contribution in [0.25, 0.3) is 0 Å². The molecule has 1 aromatic carbocycles. The Hall–Kier alpha value is -2.38. The van der Waals surface area contributed by atoms with E-state index in [9.17, 15) is 19.8 Å². The van der Waals surface area contributed by atoms with E-state index in [-0.39, 0.29) is 36.5 Å². The molecule has 0 saturated carbocycles. The molecular weight excluding hydrogens is 316 g/mol. The summed E-state index contributed by atoms with van der Waals surface area (Å²) in [6.07, 6.45) is -0.284. The second-order valence-corrected chi connectivity index (χ2v) is 5.75. The summed E-state index contributed by atoms with van der Waals surface area (Å²) < 4.78 is 10.5. The molecule has 2 atom stereocenters. The minimum absolute atomic E-state index is 0.105. The molecule has 3 N–H and O–H groups in total. The minimum atomic E-state index is -1.51. The van der Waals surface area contributed by atoms with E-state index in [1.807, 2.05) is 0 Å². The molecule has 2 unspecified atom stereocenters. The Kier molecular flexibility index (Phi) is 5.26. The lowest BCUT2D eigenvalue weighted by Gasteiger charge is -2.26. The number of phenols is 2. The molecule has 1 heterocycles. The van der Waals surface area contributed by atoms with E-state index in [0.717, 1.165) is 6.07 Å². The van der Waals surface area contributed by atoms with Crippen molar-refractivity contribution in [1.29, 1.82) is 0 Å². The van der Waals surface area contributed by atoms with Crippen molar-refractivity contribution in [2.24, 2.45) is 0 Å². The molecule has 130 valence electrons. The number of aromatic hydroxyl groups is 2. The molecular formula is C17H20O7. The molecule has 24 heavy (non-hydrogen) atoms. The summed E-state index contributed by atoms with van der Waals surface area (Å²) in [5.41, 5.74) is -1.20. The maximum Gasteiger partial charge on any atom is 0.338 e. The number of hydrogen-bond donors (Lipinski definition) is 3. The zero-order chi connectivity index (χ0) is 17.9. The number of carbonyl (C=O) groups excluding carboxylic acids is 2. The number of aliphatic hydroxyl groups is 1. The summed E-state index contributed by atoms with van der Waals surface area (Å²) in [5, 5.41) is 28.5. The molecule has 1 saturated heterocycles. The van der Waals surface area contributed by atoms with Gasteiger partial charge in [0.15, 0.2) is 11.4 Å². The standard InChI is InChI=1S/C17H20O7/c1-10(9-18)15-5-6-17(24-15,16(22)23-2)8-14(21)12-7-11(19)3-4-13(12)20/h3-4,7,15,18-20H,1,5-6,8-9H2,2H3. The van der Waals surface area contributed by atoms with Crippen molar-refractivity contribution < 1.29 is 34.4 Å². The van der Waals surface area contributed by atoms with Crippen LogP contribution in [-0.2, 0) is 14.3 Å². The molecule has 7 heteroatoms. The van der Waals surface area contributed by atoms with E-state index >= 15 is 0 Å². The third-order valence-electron chi connectivity index (χ3n) is 4.12. The number of Topliss-reactive ketones (excluding diaryl/α,β-unsaturated/α-hetero) is 1. The molecule has 1 fully saturated rings. The Balaban J connectivity index is 2.27. The normalized spacial score (nSPS) is 23.0. The number of methoxy groups -OCH3 is 1. The van der Waals surface area contributed by atoms with Crippen LogP contribution >= 0.6 is 0 Å². The molecule has 7 nitrogen and oxygen atoms in total. The summed E-state index contributed by atoms with van der Waals surface area (Å²) in [7, 11) is 1.19. The second-order valence-electron chi connectivity index (χ2n) is 5.75. The Morgan fingerprint density at radius 1 is 1.42 bits per heavy atom. The smallest absolute Gasteiger partial charge is 0.338 e. The first-order valence-corrected chi connectivity index (χ1v) is 7.43. The fourth-order valence-electron chi connectivity index (χ4n) is 2.78. The average Bonchev–Trinajstić information content (AvgIpc) is 3.00. The van der Waals surface area contributed by atoms with Gasteiger partial charge in [-0.05, 0) is 36.6 Å². The first-order chi connectivity index (χ1) is 11.3. The lowest BCUT2D eigenvalue weighted by atomic mass is 9.90. The number of carbonyl (C=O) groups is 2. The number of phenolic OH excluding ortho intramolecular Hbond substituents is 2. The predicted molar refractivity (Wildman–Crippen MR) is 83.8 cm³/mol. The highest BCUT2D eigenvalue weighted by Crippen LogP contribution is 2.38. The van der Waals surface area contributed by atoms with Crippen LogP contribution < -0.4 is 0 Å². The quantitative estimate of drug-likeness (QED) is 0.311. The maximum atomic E-state index is 12.5. The topological polar surface area (TPSA) is 113 Å². The van der Waals surface area contributed by atoms with E-state index in [1.165, 1.54) is 19.2 Å². The number of ether oxygens (including phenoxy) is 2. The minimum Gasteiger partial charge on any atom is -0.508 e. The van der Waals surface area contributed by atoms with Gasteiger partial charge in [0.25, 0.3) is 0 Å². The molecule has 0 bridgehead atoms. The Bertz CT molecular complexity index is 667. The molecule has 0 radical (unpaired) electrons. The van der Waals surface area contributed by atoms with Gasteiger partial charge < -0.3 is 24.8 Å². The Morgan fingerprint density at radius 2 is 2.12 bits per heavy atom. The van der Waals surface area contributed by atoms with Crippen molar-refractivity contribution in [3.05, 3.63) is 35.9 Å². The third-order valence-corrected chi connectivity index (χ3v) is 4.12. The lowest BCUT2D eigenvalue weighted by Crippen LogP contribution is -2.42. The summed E-state index contributed by atoms with van der Waals surface area (Å²) in [6.45, 7) is 3.40. The Morgan fingerprint density at radius 3 is 2.75 bits per heavy atom. The van der Waals surface area contributed by atoms with E-state index in [0.29, 0.717) is 12.0 Å². The zero-order valence-electron chi connectivity index (χ0n) is 13.3. The molecule has 2 rings (SSSR count). The first kappa shape index (κ1) is 18.0. The fraction of sp³-hybridized carbons (Fsp3) is 0.412. The number of hydrogen-bond acceptors (Lipinski definition) is 7. The van der Waals surface area contributed by atoms with Crippen molar-refractivity contribution in [1.82, 2.24) is 0 Å². The molecule has 0 aliphatic carbocycles. The van der Waals surface area contributed by atoms with Crippen LogP contribution in [0.5, 0.6) is 11.5 Å². The number of rotatable bonds is 6. The monoisotopic (exact) mass is 336 g/mol. The molecule has 0 spiro atoms. The van der Waals surface area contributed by atoms with Crippen LogP contribution in [0, 0.1) is 0 Å². The van der Waals surface area contributed by atoms with E-state index in [4.69, 9.17) is 14.6 Å².